The lowest BCUT2D eigenvalue weighted by atomic mass is 9.74. The van der Waals surface area contributed by atoms with Crippen LogP contribution in [0, 0.1) is 5.92 Å². The van der Waals surface area contributed by atoms with E-state index >= 15 is 0 Å². The van der Waals surface area contributed by atoms with Crippen molar-refractivity contribution in [3.8, 4) is 0 Å². The van der Waals surface area contributed by atoms with Gasteiger partial charge < -0.3 is 15.7 Å². The lowest BCUT2D eigenvalue weighted by molar-refractivity contribution is -0.121. The van der Waals surface area contributed by atoms with Gasteiger partial charge in [-0.15, -0.1) is 0 Å². The summed E-state index contributed by atoms with van der Waals surface area (Å²) < 4.78 is 0. The Balaban J connectivity index is 2.17. The molecule has 2 unspecified atom stereocenters. The van der Waals surface area contributed by atoms with E-state index < -0.39 is 5.60 Å². The second-order valence-electron chi connectivity index (χ2n) is 6.00. The zero-order valence-corrected chi connectivity index (χ0v) is 13.8. The molecule has 0 bridgehead atoms. The monoisotopic (exact) mass is 324 g/mol. The third-order valence-corrected chi connectivity index (χ3v) is 4.77. The zero-order chi connectivity index (χ0) is 16.0. The van der Waals surface area contributed by atoms with E-state index in [9.17, 15) is 9.90 Å². The first kappa shape index (κ1) is 17.3. The fourth-order valence-electron chi connectivity index (χ4n) is 3.24. The van der Waals surface area contributed by atoms with Crippen LogP contribution in [-0.2, 0) is 10.4 Å². The molecule has 4 nitrogen and oxygen atoms in total. The number of hydrogen-bond acceptors (Lipinski definition) is 3. The SMILES string of the molecule is CNC(=O)CCCC(O)(c1cccc(Cl)c1)C1CCCNC1. The molecule has 0 saturated carbocycles. The fourth-order valence-corrected chi connectivity index (χ4v) is 3.44. The first-order valence-electron chi connectivity index (χ1n) is 7.96. The van der Waals surface area contributed by atoms with Crippen LogP contribution in [0.4, 0.5) is 0 Å². The van der Waals surface area contributed by atoms with E-state index in [1.165, 1.54) is 0 Å². The van der Waals surface area contributed by atoms with E-state index in [-0.39, 0.29) is 11.8 Å². The number of carbonyl (C=O) groups is 1. The highest BCUT2D eigenvalue weighted by Crippen LogP contribution is 2.39. The molecule has 1 aliphatic heterocycles. The first-order valence-corrected chi connectivity index (χ1v) is 8.34. The molecule has 0 aromatic heterocycles. The molecule has 0 radical (unpaired) electrons. The highest BCUT2D eigenvalue weighted by atomic mass is 35.5. The molecule has 0 aliphatic carbocycles. The molecule has 1 amide bonds. The van der Waals surface area contributed by atoms with Crippen LogP contribution < -0.4 is 10.6 Å². The average Bonchev–Trinajstić information content (AvgIpc) is 2.55. The van der Waals surface area contributed by atoms with Crippen molar-refractivity contribution in [1.29, 1.82) is 0 Å². The van der Waals surface area contributed by atoms with Gasteiger partial charge in [-0.3, -0.25) is 4.79 Å². The molecule has 1 saturated heterocycles. The average molecular weight is 325 g/mol. The number of halogens is 1. The quantitative estimate of drug-likeness (QED) is 0.753. The summed E-state index contributed by atoms with van der Waals surface area (Å²) in [4.78, 5) is 11.4. The van der Waals surface area contributed by atoms with Crippen molar-refractivity contribution in [1.82, 2.24) is 10.6 Å². The predicted molar refractivity (Wildman–Crippen MR) is 88.9 cm³/mol. The minimum atomic E-state index is -0.938. The summed E-state index contributed by atoms with van der Waals surface area (Å²) in [5, 5.41) is 18.0. The summed E-state index contributed by atoms with van der Waals surface area (Å²) >= 11 is 6.11. The Kier molecular flexibility index (Phi) is 6.24. The van der Waals surface area contributed by atoms with Crippen LogP contribution in [0.5, 0.6) is 0 Å². The molecule has 2 atom stereocenters. The van der Waals surface area contributed by atoms with Gasteiger partial charge in [-0.25, -0.2) is 0 Å². The second kappa shape index (κ2) is 7.95. The Bertz CT molecular complexity index is 503. The van der Waals surface area contributed by atoms with Gasteiger partial charge in [0.15, 0.2) is 0 Å². The third kappa shape index (κ3) is 4.22. The van der Waals surface area contributed by atoms with Gasteiger partial charge in [-0.1, -0.05) is 23.7 Å². The molecular weight excluding hydrogens is 300 g/mol. The smallest absolute Gasteiger partial charge is 0.219 e. The molecule has 0 spiro atoms. The number of benzene rings is 1. The van der Waals surface area contributed by atoms with E-state index in [4.69, 9.17) is 11.6 Å². The number of aliphatic hydroxyl groups is 1. The molecule has 1 aromatic rings. The summed E-state index contributed by atoms with van der Waals surface area (Å²) in [7, 11) is 1.64. The van der Waals surface area contributed by atoms with Crippen LogP contribution in [0.3, 0.4) is 0 Å². The predicted octanol–water partition coefficient (Wildman–Crippen LogP) is 2.44. The van der Waals surface area contributed by atoms with Gasteiger partial charge in [-0.05, 0) is 49.9 Å². The van der Waals surface area contributed by atoms with Crippen LogP contribution in [0.1, 0.15) is 37.7 Å². The van der Waals surface area contributed by atoms with Gasteiger partial charge in [0, 0.05) is 31.0 Å². The van der Waals surface area contributed by atoms with Gasteiger partial charge in [0.25, 0.3) is 0 Å². The number of rotatable bonds is 6. The summed E-state index contributed by atoms with van der Waals surface area (Å²) in [6, 6.07) is 7.46. The maximum absolute atomic E-state index is 11.4. The maximum atomic E-state index is 11.4. The number of nitrogens with one attached hydrogen (secondary N) is 2. The first-order chi connectivity index (χ1) is 10.6. The Morgan fingerprint density at radius 3 is 3.00 bits per heavy atom. The van der Waals surface area contributed by atoms with E-state index in [1.807, 2.05) is 24.3 Å². The minimum absolute atomic E-state index is 0.00946. The summed E-state index contributed by atoms with van der Waals surface area (Å²) in [6.45, 7) is 1.79. The lowest BCUT2D eigenvalue weighted by Gasteiger charge is -2.39. The molecule has 22 heavy (non-hydrogen) atoms. The minimum Gasteiger partial charge on any atom is -0.385 e. The van der Waals surface area contributed by atoms with Gasteiger partial charge in [0.05, 0.1) is 5.60 Å². The topological polar surface area (TPSA) is 61.4 Å². The normalized spacial score (nSPS) is 21.1. The molecule has 2 rings (SSSR count). The van der Waals surface area contributed by atoms with E-state index in [1.54, 1.807) is 7.05 Å². The number of carbonyl (C=O) groups excluding carboxylic acids is 1. The highest BCUT2D eigenvalue weighted by Gasteiger charge is 2.38. The molecule has 1 fully saturated rings. The summed E-state index contributed by atoms with van der Waals surface area (Å²) in [5.41, 5.74) is -0.0857. The Morgan fingerprint density at radius 2 is 2.36 bits per heavy atom. The van der Waals surface area contributed by atoms with Crippen LogP contribution in [-0.4, -0.2) is 31.2 Å². The molecule has 122 valence electrons. The summed E-state index contributed by atoms with van der Waals surface area (Å²) in [5.74, 6) is 0.152. The van der Waals surface area contributed by atoms with E-state index in [0.29, 0.717) is 24.3 Å². The third-order valence-electron chi connectivity index (χ3n) is 4.54. The molecule has 3 N–H and O–H groups in total. The summed E-state index contributed by atoms with van der Waals surface area (Å²) in [6.07, 6.45) is 3.69. The van der Waals surface area contributed by atoms with Crippen LogP contribution >= 0.6 is 11.6 Å². The number of piperidine rings is 1. The van der Waals surface area contributed by atoms with Crippen molar-refractivity contribution in [2.45, 2.75) is 37.7 Å². The largest absolute Gasteiger partial charge is 0.385 e. The van der Waals surface area contributed by atoms with Crippen molar-refractivity contribution in [3.63, 3.8) is 0 Å². The highest BCUT2D eigenvalue weighted by molar-refractivity contribution is 6.30. The molecule has 1 aromatic carbocycles. The maximum Gasteiger partial charge on any atom is 0.219 e. The lowest BCUT2D eigenvalue weighted by Crippen LogP contribution is -2.44. The number of amides is 1. The Morgan fingerprint density at radius 1 is 1.55 bits per heavy atom. The van der Waals surface area contributed by atoms with Crippen molar-refractivity contribution < 1.29 is 9.90 Å². The molecule has 5 heteroatoms. The van der Waals surface area contributed by atoms with E-state index in [0.717, 1.165) is 31.5 Å². The van der Waals surface area contributed by atoms with Crippen LogP contribution in [0.15, 0.2) is 24.3 Å². The van der Waals surface area contributed by atoms with Crippen LogP contribution in [0.2, 0.25) is 5.02 Å². The second-order valence-corrected chi connectivity index (χ2v) is 6.44. The Labute approximate surface area is 137 Å². The molecule has 1 heterocycles. The molecule has 1 aliphatic rings. The van der Waals surface area contributed by atoms with Gasteiger partial charge >= 0.3 is 0 Å². The van der Waals surface area contributed by atoms with Crippen molar-refractivity contribution in [2.24, 2.45) is 5.92 Å². The number of hydrogen-bond donors (Lipinski definition) is 3. The standard InChI is InChI=1S/C17H25ClN2O2/c1-19-16(21)8-3-9-17(22,14-6-4-10-20-12-14)13-5-2-7-15(18)11-13/h2,5,7,11,14,20,22H,3-4,6,8-10,12H2,1H3,(H,19,21). The molecular formula is C17H25ClN2O2. The fraction of sp³-hybridized carbons (Fsp3) is 0.588. The van der Waals surface area contributed by atoms with Crippen molar-refractivity contribution >= 4 is 17.5 Å². The zero-order valence-electron chi connectivity index (χ0n) is 13.1. The van der Waals surface area contributed by atoms with Gasteiger partial charge in [0.2, 0.25) is 5.91 Å². The van der Waals surface area contributed by atoms with Gasteiger partial charge in [0.1, 0.15) is 0 Å². The van der Waals surface area contributed by atoms with E-state index in [2.05, 4.69) is 10.6 Å². The van der Waals surface area contributed by atoms with Crippen molar-refractivity contribution in [3.05, 3.63) is 34.9 Å². The van der Waals surface area contributed by atoms with Crippen LogP contribution in [0.25, 0.3) is 0 Å². The Hall–Kier alpha value is -1.10. The van der Waals surface area contributed by atoms with Gasteiger partial charge in [-0.2, -0.15) is 0 Å². The van der Waals surface area contributed by atoms with Crippen molar-refractivity contribution in [2.75, 3.05) is 20.1 Å².